The molecule has 0 atom stereocenters. The Labute approximate surface area is 131 Å². The second-order valence-electron chi connectivity index (χ2n) is 4.31. The first-order valence-electron chi connectivity index (χ1n) is 5.80. The summed E-state index contributed by atoms with van der Waals surface area (Å²) in [4.78, 5) is 13.7. The molecule has 7 heteroatoms. The minimum Gasteiger partial charge on any atom is -0.370 e. The second-order valence-corrected chi connectivity index (χ2v) is 7.00. The summed E-state index contributed by atoms with van der Waals surface area (Å²) in [5, 5.41) is 3.08. The average Bonchev–Trinajstić information content (AvgIpc) is 2.81. The Morgan fingerprint density at radius 1 is 1.21 bits per heavy atom. The van der Waals surface area contributed by atoms with Gasteiger partial charge in [-0.25, -0.2) is 0 Å². The molecule has 1 aromatic rings. The molecule has 0 aromatic heterocycles. The number of anilines is 2. The fourth-order valence-electron chi connectivity index (χ4n) is 2.00. The number of hydrogen-bond acceptors (Lipinski definition) is 2. The van der Waals surface area contributed by atoms with Crippen molar-refractivity contribution in [3.05, 3.63) is 23.2 Å². The van der Waals surface area contributed by atoms with Gasteiger partial charge in [0, 0.05) is 18.8 Å². The zero-order valence-corrected chi connectivity index (χ0v) is 13.0. The lowest BCUT2D eigenvalue weighted by Crippen LogP contribution is -2.27. The number of carbonyl (C=O) groups excluding carboxylic acids is 1. The van der Waals surface area contributed by atoms with E-state index >= 15 is 0 Å². The van der Waals surface area contributed by atoms with Gasteiger partial charge >= 0.3 is 0 Å². The molecule has 1 aliphatic rings. The Kier molecular flexibility index (Phi) is 4.72. The van der Waals surface area contributed by atoms with Gasteiger partial charge in [-0.15, -0.1) is 0 Å². The van der Waals surface area contributed by atoms with Crippen molar-refractivity contribution in [3.63, 3.8) is 0 Å². The average molecular weight is 342 g/mol. The molecule has 0 spiro atoms. The zero-order valence-electron chi connectivity index (χ0n) is 9.93. The van der Waals surface area contributed by atoms with Crippen molar-refractivity contribution >= 4 is 63.7 Å². The fourth-order valence-corrected chi connectivity index (χ4v) is 2.44. The normalized spacial score (nSPS) is 15.7. The van der Waals surface area contributed by atoms with Gasteiger partial charge in [-0.2, -0.15) is 0 Å². The maximum Gasteiger partial charge on any atom is 0.276 e. The Hall–Kier alpha value is -0.350. The smallest absolute Gasteiger partial charge is 0.276 e. The molecule has 0 saturated carbocycles. The first-order valence-corrected chi connectivity index (χ1v) is 7.32. The highest BCUT2D eigenvalue weighted by atomic mass is 35.6. The van der Waals surface area contributed by atoms with Crippen LogP contribution in [0.25, 0.3) is 0 Å². The van der Waals surface area contributed by atoms with Crippen molar-refractivity contribution in [2.24, 2.45) is 0 Å². The molecule has 1 aromatic carbocycles. The predicted molar refractivity (Wildman–Crippen MR) is 81.8 cm³/mol. The van der Waals surface area contributed by atoms with Gasteiger partial charge in [0.2, 0.25) is 0 Å². The van der Waals surface area contributed by atoms with E-state index in [1.54, 1.807) is 12.1 Å². The summed E-state index contributed by atoms with van der Waals surface area (Å²) in [6, 6.07) is 5.26. The molecule has 1 amide bonds. The van der Waals surface area contributed by atoms with Crippen molar-refractivity contribution < 1.29 is 4.79 Å². The van der Waals surface area contributed by atoms with Gasteiger partial charge in [0.1, 0.15) is 0 Å². The Morgan fingerprint density at radius 3 is 2.37 bits per heavy atom. The molecule has 0 bridgehead atoms. The van der Waals surface area contributed by atoms with E-state index < -0.39 is 9.70 Å². The molecular weight excluding hydrogens is 330 g/mol. The molecule has 1 N–H and O–H groups in total. The highest BCUT2D eigenvalue weighted by Crippen LogP contribution is 2.32. The van der Waals surface area contributed by atoms with E-state index in [4.69, 9.17) is 46.4 Å². The van der Waals surface area contributed by atoms with Crippen LogP contribution in [0.2, 0.25) is 5.02 Å². The molecule has 0 radical (unpaired) electrons. The molecule has 1 aliphatic heterocycles. The second kappa shape index (κ2) is 5.96. The largest absolute Gasteiger partial charge is 0.370 e. The fraction of sp³-hybridized carbons (Fsp3) is 0.417. The Morgan fingerprint density at radius 2 is 1.84 bits per heavy atom. The van der Waals surface area contributed by atoms with Crippen molar-refractivity contribution in [2.45, 2.75) is 16.6 Å². The summed E-state index contributed by atoms with van der Waals surface area (Å²) >= 11 is 22.7. The lowest BCUT2D eigenvalue weighted by Gasteiger charge is -2.20. The van der Waals surface area contributed by atoms with Crippen molar-refractivity contribution in [3.8, 4) is 0 Å². The summed E-state index contributed by atoms with van der Waals surface area (Å²) < 4.78 is -1.99. The molecule has 3 nitrogen and oxygen atoms in total. The van der Waals surface area contributed by atoms with E-state index in [-0.39, 0.29) is 0 Å². The standard InChI is InChI=1S/C12H12Cl4N2O/c13-9-7-8(17-11(19)12(14,15)16)3-4-10(9)18-5-1-2-6-18/h3-4,7H,1-2,5-6H2,(H,17,19). The van der Waals surface area contributed by atoms with Crippen LogP contribution in [0.4, 0.5) is 11.4 Å². The summed E-state index contributed by atoms with van der Waals surface area (Å²) in [5.41, 5.74) is 1.47. The van der Waals surface area contributed by atoms with Gasteiger partial charge in [-0.05, 0) is 31.0 Å². The van der Waals surface area contributed by atoms with Crippen LogP contribution in [0.5, 0.6) is 0 Å². The van der Waals surface area contributed by atoms with Gasteiger partial charge in [0.15, 0.2) is 0 Å². The molecular formula is C12H12Cl4N2O. The third-order valence-electron chi connectivity index (χ3n) is 2.91. The molecule has 104 valence electrons. The van der Waals surface area contributed by atoms with Crippen LogP contribution in [0.15, 0.2) is 18.2 Å². The van der Waals surface area contributed by atoms with E-state index in [9.17, 15) is 4.79 Å². The van der Waals surface area contributed by atoms with E-state index in [1.807, 2.05) is 6.07 Å². The molecule has 1 heterocycles. The number of nitrogens with zero attached hydrogens (tertiary/aromatic N) is 1. The first kappa shape index (κ1) is 15.0. The first-order chi connectivity index (χ1) is 8.88. The van der Waals surface area contributed by atoms with Crippen molar-refractivity contribution in [1.82, 2.24) is 0 Å². The number of alkyl halides is 3. The highest BCUT2D eigenvalue weighted by molar-refractivity contribution is 6.76. The van der Waals surface area contributed by atoms with Crippen LogP contribution in [0.3, 0.4) is 0 Å². The van der Waals surface area contributed by atoms with Crippen LogP contribution < -0.4 is 10.2 Å². The number of carbonyl (C=O) groups is 1. The number of nitrogens with one attached hydrogen (secondary N) is 1. The SMILES string of the molecule is O=C(Nc1ccc(N2CCCC2)c(Cl)c1)C(Cl)(Cl)Cl. The summed E-state index contributed by atoms with van der Waals surface area (Å²) in [6.07, 6.45) is 2.34. The lowest BCUT2D eigenvalue weighted by atomic mass is 10.2. The van der Waals surface area contributed by atoms with Gasteiger partial charge in [-0.3, -0.25) is 4.79 Å². The number of rotatable bonds is 2. The number of hydrogen-bond donors (Lipinski definition) is 1. The molecule has 1 saturated heterocycles. The number of halogens is 4. The molecule has 2 rings (SSSR count). The molecule has 0 unspecified atom stereocenters. The zero-order chi connectivity index (χ0) is 14.0. The molecule has 1 fully saturated rings. The van der Waals surface area contributed by atoms with Gasteiger partial charge in [0.05, 0.1) is 10.7 Å². The minimum atomic E-state index is -1.99. The topological polar surface area (TPSA) is 32.3 Å². The minimum absolute atomic E-state index is 0.504. The van der Waals surface area contributed by atoms with E-state index in [0.717, 1.165) is 18.8 Å². The summed E-state index contributed by atoms with van der Waals surface area (Å²) in [6.45, 7) is 2.00. The highest BCUT2D eigenvalue weighted by Gasteiger charge is 2.30. The molecule has 19 heavy (non-hydrogen) atoms. The van der Waals surface area contributed by atoms with Crippen LogP contribution >= 0.6 is 46.4 Å². The van der Waals surface area contributed by atoms with Crippen molar-refractivity contribution in [1.29, 1.82) is 0 Å². The van der Waals surface area contributed by atoms with E-state index in [2.05, 4.69) is 10.2 Å². The lowest BCUT2D eigenvalue weighted by molar-refractivity contribution is -0.115. The van der Waals surface area contributed by atoms with Gasteiger partial charge in [0.25, 0.3) is 9.70 Å². The van der Waals surface area contributed by atoms with Crippen LogP contribution in [-0.4, -0.2) is 22.8 Å². The maximum absolute atomic E-state index is 11.5. The quantitative estimate of drug-likeness (QED) is 0.815. The molecule has 0 aliphatic carbocycles. The Bertz CT molecular complexity index is 481. The monoisotopic (exact) mass is 340 g/mol. The summed E-state index contributed by atoms with van der Waals surface area (Å²) in [5.74, 6) is -0.706. The van der Waals surface area contributed by atoms with E-state index in [1.165, 1.54) is 12.8 Å². The predicted octanol–water partition coefficient (Wildman–Crippen LogP) is 4.25. The number of amides is 1. The van der Waals surface area contributed by atoms with E-state index in [0.29, 0.717) is 10.7 Å². The third kappa shape index (κ3) is 3.82. The van der Waals surface area contributed by atoms with Crippen LogP contribution in [0, 0.1) is 0 Å². The summed E-state index contributed by atoms with van der Waals surface area (Å²) in [7, 11) is 0. The number of benzene rings is 1. The van der Waals surface area contributed by atoms with Gasteiger partial charge < -0.3 is 10.2 Å². The maximum atomic E-state index is 11.5. The Balaban J connectivity index is 2.12. The third-order valence-corrected chi connectivity index (χ3v) is 3.73. The van der Waals surface area contributed by atoms with Crippen LogP contribution in [-0.2, 0) is 4.79 Å². The van der Waals surface area contributed by atoms with Gasteiger partial charge in [-0.1, -0.05) is 46.4 Å². The van der Waals surface area contributed by atoms with Crippen LogP contribution in [0.1, 0.15) is 12.8 Å². The van der Waals surface area contributed by atoms with Crippen molar-refractivity contribution in [2.75, 3.05) is 23.3 Å².